The second-order valence-corrected chi connectivity index (χ2v) is 5.49. The molecule has 1 N–H and O–H groups in total. The van der Waals surface area contributed by atoms with E-state index in [9.17, 15) is 0 Å². The average molecular weight is 292 g/mol. The minimum Gasteiger partial charge on any atom is -0.338 e. The normalized spacial score (nSPS) is 12.6. The molecule has 4 heteroatoms. The van der Waals surface area contributed by atoms with Crippen molar-refractivity contribution in [1.29, 1.82) is 0 Å². The van der Waals surface area contributed by atoms with Gasteiger partial charge >= 0.3 is 0 Å². The van der Waals surface area contributed by atoms with Crippen LogP contribution in [0.15, 0.2) is 36.7 Å². The van der Waals surface area contributed by atoms with Crippen molar-refractivity contribution in [3.8, 4) is 0 Å². The van der Waals surface area contributed by atoms with Crippen LogP contribution in [0, 0.1) is 0 Å². The Morgan fingerprint density at radius 1 is 1.40 bits per heavy atom. The number of hydrogen-bond donors (Lipinski definition) is 1. The molecule has 0 saturated heterocycles. The van der Waals surface area contributed by atoms with Crippen molar-refractivity contribution in [3.63, 3.8) is 0 Å². The van der Waals surface area contributed by atoms with Gasteiger partial charge in [0.1, 0.15) is 5.82 Å². The monoisotopic (exact) mass is 291 g/mol. The van der Waals surface area contributed by atoms with Crippen molar-refractivity contribution in [2.45, 2.75) is 32.2 Å². The molecule has 20 heavy (non-hydrogen) atoms. The van der Waals surface area contributed by atoms with Crippen LogP contribution in [0.5, 0.6) is 0 Å². The quantitative estimate of drug-likeness (QED) is 0.842. The van der Waals surface area contributed by atoms with E-state index < -0.39 is 0 Å². The van der Waals surface area contributed by atoms with Gasteiger partial charge in [-0.15, -0.1) is 0 Å². The van der Waals surface area contributed by atoms with Gasteiger partial charge in [-0.2, -0.15) is 0 Å². The summed E-state index contributed by atoms with van der Waals surface area (Å²) in [4.78, 5) is 4.39. The van der Waals surface area contributed by atoms with E-state index in [2.05, 4.69) is 27.9 Å². The summed E-state index contributed by atoms with van der Waals surface area (Å²) in [5, 5.41) is 4.39. The van der Waals surface area contributed by atoms with Gasteiger partial charge < -0.3 is 9.88 Å². The lowest BCUT2D eigenvalue weighted by Gasteiger charge is -2.19. The lowest BCUT2D eigenvalue weighted by molar-refractivity contribution is 0.491. The first-order valence-corrected chi connectivity index (χ1v) is 7.53. The molecule has 0 amide bonds. The first-order chi connectivity index (χ1) is 9.70. The van der Waals surface area contributed by atoms with E-state index in [0.717, 1.165) is 36.7 Å². The van der Waals surface area contributed by atoms with E-state index in [1.165, 1.54) is 5.56 Å². The number of aryl methyl sites for hydroxylation is 2. The third-order valence-corrected chi connectivity index (χ3v) is 3.70. The highest BCUT2D eigenvalue weighted by atomic mass is 35.5. The van der Waals surface area contributed by atoms with E-state index in [0.29, 0.717) is 6.04 Å². The van der Waals surface area contributed by atoms with E-state index in [1.54, 1.807) is 0 Å². The number of nitrogens with one attached hydrogen (secondary N) is 1. The van der Waals surface area contributed by atoms with Crippen molar-refractivity contribution in [3.05, 3.63) is 53.1 Å². The minimum absolute atomic E-state index is 0.324. The van der Waals surface area contributed by atoms with Gasteiger partial charge in [0, 0.05) is 36.9 Å². The maximum absolute atomic E-state index is 6.10. The lowest BCUT2D eigenvalue weighted by atomic mass is 10.0. The first kappa shape index (κ1) is 15.1. The summed E-state index contributed by atoms with van der Waals surface area (Å²) in [7, 11) is 2.04. The zero-order valence-corrected chi connectivity index (χ0v) is 12.9. The molecule has 1 heterocycles. The molecule has 2 aromatic rings. The highest BCUT2D eigenvalue weighted by molar-refractivity contribution is 6.30. The van der Waals surface area contributed by atoms with Crippen LogP contribution in [0.2, 0.25) is 5.02 Å². The Bertz CT molecular complexity index is 536. The van der Waals surface area contributed by atoms with E-state index in [-0.39, 0.29) is 0 Å². The van der Waals surface area contributed by atoms with Gasteiger partial charge in [0.15, 0.2) is 0 Å². The number of rotatable bonds is 7. The van der Waals surface area contributed by atoms with Crippen LogP contribution in [0.25, 0.3) is 0 Å². The van der Waals surface area contributed by atoms with Crippen molar-refractivity contribution in [1.82, 2.24) is 14.9 Å². The molecule has 108 valence electrons. The molecule has 1 aromatic heterocycles. The largest absolute Gasteiger partial charge is 0.338 e. The summed E-state index contributed by atoms with van der Waals surface area (Å²) in [5.74, 6) is 1.12. The summed E-state index contributed by atoms with van der Waals surface area (Å²) in [6.07, 6.45) is 6.94. The molecule has 0 aliphatic heterocycles. The number of nitrogens with zero attached hydrogens (tertiary/aromatic N) is 2. The number of halogens is 1. The minimum atomic E-state index is 0.324. The van der Waals surface area contributed by atoms with E-state index >= 15 is 0 Å². The maximum atomic E-state index is 6.10. The number of hydrogen-bond acceptors (Lipinski definition) is 2. The smallest absolute Gasteiger partial charge is 0.108 e. The SMILES string of the molecule is CCCNC(CCc1nccn1C)c1cccc(Cl)c1. The molecule has 0 radical (unpaired) electrons. The molecular formula is C16H22ClN3. The predicted octanol–water partition coefficient (Wildman–Crippen LogP) is 3.75. The van der Waals surface area contributed by atoms with Gasteiger partial charge in [-0.3, -0.25) is 0 Å². The summed E-state index contributed by atoms with van der Waals surface area (Å²) in [5.41, 5.74) is 1.25. The Labute approximate surface area is 126 Å². The van der Waals surface area contributed by atoms with Crippen LogP contribution in [-0.2, 0) is 13.5 Å². The Morgan fingerprint density at radius 2 is 2.25 bits per heavy atom. The molecule has 1 unspecified atom stereocenters. The van der Waals surface area contributed by atoms with Crippen molar-refractivity contribution >= 4 is 11.6 Å². The van der Waals surface area contributed by atoms with E-state index in [1.807, 2.05) is 37.6 Å². The second-order valence-electron chi connectivity index (χ2n) is 5.05. The van der Waals surface area contributed by atoms with Crippen LogP contribution >= 0.6 is 11.6 Å². The predicted molar refractivity (Wildman–Crippen MR) is 84.0 cm³/mol. The van der Waals surface area contributed by atoms with Gasteiger partial charge in [0.05, 0.1) is 0 Å². The van der Waals surface area contributed by atoms with E-state index in [4.69, 9.17) is 11.6 Å². The third kappa shape index (κ3) is 4.09. The fraction of sp³-hybridized carbons (Fsp3) is 0.438. The van der Waals surface area contributed by atoms with Gasteiger partial charge in [-0.05, 0) is 37.1 Å². The Hall–Kier alpha value is -1.32. The summed E-state index contributed by atoms with van der Waals surface area (Å²) < 4.78 is 2.08. The molecule has 1 atom stereocenters. The molecule has 0 saturated carbocycles. The highest BCUT2D eigenvalue weighted by Crippen LogP contribution is 2.22. The molecule has 0 aliphatic rings. The Balaban J connectivity index is 2.05. The molecule has 0 aliphatic carbocycles. The van der Waals surface area contributed by atoms with Crippen molar-refractivity contribution < 1.29 is 0 Å². The topological polar surface area (TPSA) is 29.9 Å². The fourth-order valence-electron chi connectivity index (χ4n) is 2.34. The van der Waals surface area contributed by atoms with Gasteiger partial charge in [0.2, 0.25) is 0 Å². The standard InChI is InChI=1S/C16H22ClN3/c1-3-9-18-15(13-5-4-6-14(17)12-13)7-8-16-19-10-11-20(16)2/h4-6,10-12,15,18H,3,7-9H2,1-2H3. The van der Waals surface area contributed by atoms with Gasteiger partial charge in [0.25, 0.3) is 0 Å². The van der Waals surface area contributed by atoms with Crippen LogP contribution in [0.3, 0.4) is 0 Å². The van der Waals surface area contributed by atoms with Gasteiger partial charge in [-0.1, -0.05) is 30.7 Å². The first-order valence-electron chi connectivity index (χ1n) is 7.15. The van der Waals surface area contributed by atoms with Crippen LogP contribution in [0.1, 0.15) is 37.2 Å². The van der Waals surface area contributed by atoms with Gasteiger partial charge in [-0.25, -0.2) is 4.98 Å². The van der Waals surface area contributed by atoms with Crippen LogP contribution < -0.4 is 5.32 Å². The van der Waals surface area contributed by atoms with Crippen molar-refractivity contribution in [2.75, 3.05) is 6.54 Å². The summed E-state index contributed by atoms with van der Waals surface area (Å²) >= 11 is 6.10. The molecule has 0 spiro atoms. The molecule has 1 aromatic carbocycles. The molecular weight excluding hydrogens is 270 g/mol. The number of aromatic nitrogens is 2. The number of benzene rings is 1. The zero-order chi connectivity index (χ0) is 14.4. The summed E-state index contributed by atoms with van der Waals surface area (Å²) in [6.45, 7) is 3.19. The second kappa shape index (κ2) is 7.46. The fourth-order valence-corrected chi connectivity index (χ4v) is 2.54. The zero-order valence-electron chi connectivity index (χ0n) is 12.1. The van der Waals surface area contributed by atoms with Crippen molar-refractivity contribution in [2.24, 2.45) is 7.05 Å². The maximum Gasteiger partial charge on any atom is 0.108 e. The van der Waals surface area contributed by atoms with Crippen LogP contribution in [-0.4, -0.2) is 16.1 Å². The number of imidazole rings is 1. The van der Waals surface area contributed by atoms with Crippen LogP contribution in [0.4, 0.5) is 0 Å². The Kier molecular flexibility index (Phi) is 5.62. The molecule has 0 bridgehead atoms. The summed E-state index contributed by atoms with van der Waals surface area (Å²) in [6, 6.07) is 8.44. The third-order valence-electron chi connectivity index (χ3n) is 3.47. The molecule has 2 rings (SSSR count). The molecule has 0 fully saturated rings. The average Bonchev–Trinajstić information content (AvgIpc) is 2.84. The lowest BCUT2D eigenvalue weighted by Crippen LogP contribution is -2.23. The Morgan fingerprint density at radius 3 is 2.90 bits per heavy atom. The highest BCUT2D eigenvalue weighted by Gasteiger charge is 2.12. The molecule has 3 nitrogen and oxygen atoms in total.